The Kier molecular flexibility index (Phi) is 5.31. The SMILES string of the molecule is CN(C)C(=O)c1ccc(NC(=O)Cn2cnc3c(cnn3-c3ccccc3)c2=O)cc1. The van der Waals surface area contributed by atoms with E-state index in [9.17, 15) is 14.4 Å². The van der Waals surface area contributed by atoms with Crippen molar-refractivity contribution < 1.29 is 9.59 Å². The van der Waals surface area contributed by atoms with Crippen LogP contribution >= 0.6 is 0 Å². The lowest BCUT2D eigenvalue weighted by Crippen LogP contribution is -2.28. The predicted octanol–water partition coefficient (Wildman–Crippen LogP) is 1.92. The molecule has 1 N–H and O–H groups in total. The number of amides is 2. The van der Waals surface area contributed by atoms with Gasteiger partial charge in [-0.1, -0.05) is 18.2 Å². The zero-order valence-electron chi connectivity index (χ0n) is 17.0. The zero-order valence-corrected chi connectivity index (χ0v) is 17.0. The molecule has 9 nitrogen and oxygen atoms in total. The minimum absolute atomic E-state index is 0.125. The summed E-state index contributed by atoms with van der Waals surface area (Å²) in [7, 11) is 3.34. The zero-order chi connectivity index (χ0) is 22.0. The highest BCUT2D eigenvalue weighted by molar-refractivity contribution is 5.95. The Bertz CT molecular complexity index is 1310. The lowest BCUT2D eigenvalue weighted by molar-refractivity contribution is -0.116. The number of hydrogen-bond donors (Lipinski definition) is 1. The number of anilines is 1. The molecule has 0 unspecified atom stereocenters. The van der Waals surface area contributed by atoms with Gasteiger partial charge in [0, 0.05) is 25.3 Å². The van der Waals surface area contributed by atoms with Gasteiger partial charge in [0.1, 0.15) is 18.3 Å². The van der Waals surface area contributed by atoms with Crippen molar-refractivity contribution in [3.05, 3.63) is 83.0 Å². The van der Waals surface area contributed by atoms with Gasteiger partial charge in [-0.3, -0.25) is 19.0 Å². The standard InChI is InChI=1S/C22H20N6O3/c1-26(2)21(30)15-8-10-16(11-9-15)25-19(29)13-27-14-23-20-18(22(27)31)12-24-28(20)17-6-4-3-5-7-17/h3-12,14H,13H2,1-2H3,(H,25,29). The van der Waals surface area contributed by atoms with Crippen molar-refractivity contribution in [2.24, 2.45) is 0 Å². The van der Waals surface area contributed by atoms with Crippen molar-refractivity contribution in [1.29, 1.82) is 0 Å². The van der Waals surface area contributed by atoms with Gasteiger partial charge in [-0.15, -0.1) is 0 Å². The Hall–Kier alpha value is -4.27. The second kappa shape index (κ2) is 8.23. The van der Waals surface area contributed by atoms with Gasteiger partial charge in [0.05, 0.1) is 11.9 Å². The lowest BCUT2D eigenvalue weighted by atomic mass is 10.2. The Morgan fingerprint density at radius 2 is 1.74 bits per heavy atom. The molecule has 4 aromatic rings. The van der Waals surface area contributed by atoms with E-state index in [0.717, 1.165) is 5.69 Å². The quantitative estimate of drug-likeness (QED) is 0.536. The van der Waals surface area contributed by atoms with Crippen molar-refractivity contribution in [2.75, 3.05) is 19.4 Å². The average Bonchev–Trinajstić information content (AvgIpc) is 3.21. The highest BCUT2D eigenvalue weighted by Gasteiger charge is 2.14. The van der Waals surface area contributed by atoms with E-state index in [-0.39, 0.29) is 23.9 Å². The molecule has 0 saturated carbocycles. The molecule has 4 rings (SSSR count). The van der Waals surface area contributed by atoms with Crippen LogP contribution in [0, 0.1) is 0 Å². The maximum absolute atomic E-state index is 12.8. The van der Waals surface area contributed by atoms with E-state index < -0.39 is 0 Å². The number of hydrogen-bond acceptors (Lipinski definition) is 5. The number of carbonyl (C=O) groups excluding carboxylic acids is 2. The summed E-state index contributed by atoms with van der Waals surface area (Å²) in [6.07, 6.45) is 2.79. The van der Waals surface area contributed by atoms with Crippen LogP contribution in [0.2, 0.25) is 0 Å². The lowest BCUT2D eigenvalue weighted by Gasteiger charge is -2.11. The molecular formula is C22H20N6O3. The Labute approximate surface area is 177 Å². The Balaban J connectivity index is 1.51. The minimum Gasteiger partial charge on any atom is -0.345 e. The number of fused-ring (bicyclic) bond motifs is 1. The summed E-state index contributed by atoms with van der Waals surface area (Å²) in [5, 5.41) is 7.30. The van der Waals surface area contributed by atoms with Gasteiger partial charge < -0.3 is 10.2 Å². The maximum atomic E-state index is 12.8. The van der Waals surface area contributed by atoms with E-state index >= 15 is 0 Å². The van der Waals surface area contributed by atoms with E-state index in [4.69, 9.17) is 0 Å². The first-order chi connectivity index (χ1) is 14.9. The summed E-state index contributed by atoms with van der Waals surface area (Å²) in [5.41, 5.74) is 1.91. The van der Waals surface area contributed by atoms with Crippen LogP contribution in [0.25, 0.3) is 16.7 Å². The molecule has 2 heterocycles. The van der Waals surface area contributed by atoms with E-state index in [1.165, 1.54) is 22.0 Å². The fourth-order valence-electron chi connectivity index (χ4n) is 3.13. The molecule has 0 fully saturated rings. The summed E-state index contributed by atoms with van der Waals surface area (Å²) >= 11 is 0. The van der Waals surface area contributed by atoms with Gasteiger partial charge in [-0.05, 0) is 36.4 Å². The molecule has 0 bridgehead atoms. The first-order valence-electron chi connectivity index (χ1n) is 9.54. The third kappa shape index (κ3) is 4.06. The number of rotatable bonds is 5. The van der Waals surface area contributed by atoms with Gasteiger partial charge in [0.2, 0.25) is 5.91 Å². The number of nitrogens with one attached hydrogen (secondary N) is 1. The monoisotopic (exact) mass is 416 g/mol. The summed E-state index contributed by atoms with van der Waals surface area (Å²) < 4.78 is 2.82. The normalized spacial score (nSPS) is 10.8. The molecule has 0 aliphatic carbocycles. The van der Waals surface area contributed by atoms with E-state index in [2.05, 4.69) is 15.4 Å². The Morgan fingerprint density at radius 3 is 2.42 bits per heavy atom. The van der Waals surface area contributed by atoms with Crippen LogP contribution in [-0.2, 0) is 11.3 Å². The molecule has 0 saturated heterocycles. The van der Waals surface area contributed by atoms with Crippen LogP contribution in [-0.4, -0.2) is 50.1 Å². The van der Waals surface area contributed by atoms with E-state index in [1.54, 1.807) is 43.0 Å². The molecule has 0 spiro atoms. The topological polar surface area (TPSA) is 102 Å². The van der Waals surface area contributed by atoms with E-state index in [0.29, 0.717) is 22.3 Å². The third-order valence-electron chi connectivity index (χ3n) is 4.69. The molecule has 0 atom stereocenters. The number of nitrogens with zero attached hydrogens (tertiary/aromatic N) is 5. The van der Waals surface area contributed by atoms with Gasteiger partial charge in [-0.2, -0.15) is 5.10 Å². The van der Waals surface area contributed by atoms with Crippen LogP contribution in [0.5, 0.6) is 0 Å². The second-order valence-electron chi connectivity index (χ2n) is 7.13. The number of para-hydroxylation sites is 1. The van der Waals surface area contributed by atoms with Crippen molar-refractivity contribution in [1.82, 2.24) is 24.2 Å². The highest BCUT2D eigenvalue weighted by atomic mass is 16.2. The van der Waals surface area contributed by atoms with Gasteiger partial charge in [-0.25, -0.2) is 9.67 Å². The van der Waals surface area contributed by atoms with E-state index in [1.807, 2.05) is 30.3 Å². The summed E-state index contributed by atoms with van der Waals surface area (Å²) in [5.74, 6) is -0.509. The fourth-order valence-corrected chi connectivity index (χ4v) is 3.13. The smallest absolute Gasteiger partial charge is 0.264 e. The molecule has 2 amide bonds. The van der Waals surface area contributed by atoms with Gasteiger partial charge >= 0.3 is 0 Å². The predicted molar refractivity (Wildman–Crippen MR) is 116 cm³/mol. The second-order valence-corrected chi connectivity index (χ2v) is 7.13. The fraction of sp³-hybridized carbons (Fsp3) is 0.136. The summed E-state index contributed by atoms with van der Waals surface area (Å²) in [6.45, 7) is -0.198. The third-order valence-corrected chi connectivity index (χ3v) is 4.69. The number of benzene rings is 2. The van der Waals surface area contributed by atoms with Crippen molar-refractivity contribution in [3.63, 3.8) is 0 Å². The molecule has 0 aliphatic heterocycles. The average molecular weight is 416 g/mol. The van der Waals surface area contributed by atoms with Crippen LogP contribution in [0.3, 0.4) is 0 Å². The number of aromatic nitrogens is 4. The molecule has 156 valence electrons. The van der Waals surface area contributed by atoms with Gasteiger partial charge in [0.15, 0.2) is 5.65 Å². The molecule has 0 radical (unpaired) electrons. The van der Waals surface area contributed by atoms with Crippen molar-refractivity contribution >= 4 is 28.5 Å². The van der Waals surface area contributed by atoms with Crippen LogP contribution in [0.15, 0.2) is 71.9 Å². The first kappa shape index (κ1) is 20.0. The number of carbonyl (C=O) groups is 2. The molecule has 0 aliphatic rings. The molecule has 2 aromatic carbocycles. The molecule has 9 heteroatoms. The minimum atomic E-state index is -0.384. The van der Waals surface area contributed by atoms with Gasteiger partial charge in [0.25, 0.3) is 11.5 Å². The summed E-state index contributed by atoms with van der Waals surface area (Å²) in [4.78, 5) is 43.0. The van der Waals surface area contributed by atoms with Crippen molar-refractivity contribution in [2.45, 2.75) is 6.54 Å². The van der Waals surface area contributed by atoms with Crippen molar-refractivity contribution in [3.8, 4) is 5.69 Å². The molecule has 31 heavy (non-hydrogen) atoms. The highest BCUT2D eigenvalue weighted by Crippen LogP contribution is 2.13. The molecular weight excluding hydrogens is 396 g/mol. The van der Waals surface area contributed by atoms with Crippen LogP contribution in [0.4, 0.5) is 5.69 Å². The first-order valence-corrected chi connectivity index (χ1v) is 9.54. The molecule has 2 aromatic heterocycles. The van der Waals surface area contributed by atoms with Crippen LogP contribution in [0.1, 0.15) is 10.4 Å². The summed E-state index contributed by atoms with van der Waals surface area (Å²) in [6, 6.07) is 15.9. The van der Waals surface area contributed by atoms with Crippen LogP contribution < -0.4 is 10.9 Å². The largest absolute Gasteiger partial charge is 0.345 e. The Morgan fingerprint density at radius 1 is 1.03 bits per heavy atom. The maximum Gasteiger partial charge on any atom is 0.264 e.